The van der Waals surface area contributed by atoms with E-state index in [4.69, 9.17) is 8.94 Å². The van der Waals surface area contributed by atoms with E-state index in [1.807, 2.05) is 31.7 Å². The van der Waals surface area contributed by atoms with Crippen molar-refractivity contribution in [1.82, 2.24) is 15.0 Å². The fourth-order valence-corrected chi connectivity index (χ4v) is 3.36. The van der Waals surface area contributed by atoms with Gasteiger partial charge in [0.2, 0.25) is 11.8 Å². The van der Waals surface area contributed by atoms with Gasteiger partial charge in [-0.05, 0) is 39.7 Å². The summed E-state index contributed by atoms with van der Waals surface area (Å²) in [4.78, 5) is 19.1. The third-order valence-corrected chi connectivity index (χ3v) is 4.56. The molecule has 3 heterocycles. The zero-order valence-electron chi connectivity index (χ0n) is 14.1. The standard InChI is InChI=1S/C17H23N3O3/c1-10-8-15(12(3)22-10)11(2)17(21)20-7-5-6-14(9-20)16-18-13(4)23-19-16/h8,11,14H,5-7,9H2,1-4H3/t11-,14-/m0/s1. The van der Waals surface area contributed by atoms with E-state index in [1.165, 1.54) is 0 Å². The fraction of sp³-hybridized carbons (Fsp3) is 0.588. The Morgan fingerprint density at radius 3 is 2.78 bits per heavy atom. The molecule has 0 aliphatic carbocycles. The van der Waals surface area contributed by atoms with Crippen LogP contribution in [0.1, 0.15) is 60.4 Å². The number of aryl methyl sites for hydroxylation is 3. The normalized spacial score (nSPS) is 19.8. The maximum atomic E-state index is 12.9. The van der Waals surface area contributed by atoms with E-state index in [9.17, 15) is 4.79 Å². The average molecular weight is 317 g/mol. The van der Waals surface area contributed by atoms with Crippen LogP contribution < -0.4 is 0 Å². The molecule has 2 atom stereocenters. The third-order valence-electron chi connectivity index (χ3n) is 4.56. The van der Waals surface area contributed by atoms with E-state index in [1.54, 1.807) is 6.92 Å². The topological polar surface area (TPSA) is 72.4 Å². The van der Waals surface area contributed by atoms with Crippen molar-refractivity contribution in [1.29, 1.82) is 0 Å². The molecule has 1 saturated heterocycles. The lowest BCUT2D eigenvalue weighted by molar-refractivity contribution is -0.133. The zero-order chi connectivity index (χ0) is 16.6. The van der Waals surface area contributed by atoms with Gasteiger partial charge in [0.1, 0.15) is 11.5 Å². The van der Waals surface area contributed by atoms with Crippen molar-refractivity contribution in [3.8, 4) is 0 Å². The van der Waals surface area contributed by atoms with Crippen LogP contribution in [-0.2, 0) is 4.79 Å². The highest BCUT2D eigenvalue weighted by atomic mass is 16.5. The summed E-state index contributed by atoms with van der Waals surface area (Å²) >= 11 is 0. The van der Waals surface area contributed by atoms with Crippen LogP contribution >= 0.6 is 0 Å². The SMILES string of the molecule is Cc1cc([C@H](C)C(=O)N2CCC[C@H](c3noc(C)n3)C2)c(C)o1. The lowest BCUT2D eigenvalue weighted by atomic mass is 9.94. The van der Waals surface area contributed by atoms with E-state index < -0.39 is 0 Å². The van der Waals surface area contributed by atoms with Gasteiger partial charge in [-0.2, -0.15) is 4.98 Å². The van der Waals surface area contributed by atoms with Crippen molar-refractivity contribution in [3.63, 3.8) is 0 Å². The van der Waals surface area contributed by atoms with Gasteiger partial charge in [0.15, 0.2) is 5.82 Å². The molecular weight excluding hydrogens is 294 g/mol. The largest absolute Gasteiger partial charge is 0.466 e. The zero-order valence-corrected chi connectivity index (χ0v) is 14.1. The van der Waals surface area contributed by atoms with Gasteiger partial charge in [-0.3, -0.25) is 4.79 Å². The van der Waals surface area contributed by atoms with E-state index in [-0.39, 0.29) is 17.7 Å². The molecule has 0 spiro atoms. The van der Waals surface area contributed by atoms with Crippen LogP contribution in [0.5, 0.6) is 0 Å². The first-order valence-electron chi connectivity index (χ1n) is 8.11. The summed E-state index contributed by atoms with van der Waals surface area (Å²) in [5.74, 6) is 3.05. The number of piperidine rings is 1. The summed E-state index contributed by atoms with van der Waals surface area (Å²) in [5, 5.41) is 4.01. The lowest BCUT2D eigenvalue weighted by Gasteiger charge is -2.33. The van der Waals surface area contributed by atoms with Gasteiger partial charge in [-0.15, -0.1) is 0 Å². The number of likely N-dealkylation sites (tertiary alicyclic amines) is 1. The van der Waals surface area contributed by atoms with Gasteiger partial charge in [0.25, 0.3) is 0 Å². The second-order valence-corrected chi connectivity index (χ2v) is 6.39. The van der Waals surface area contributed by atoms with Gasteiger partial charge in [-0.25, -0.2) is 0 Å². The van der Waals surface area contributed by atoms with Crippen molar-refractivity contribution in [2.75, 3.05) is 13.1 Å². The number of hydrogen-bond donors (Lipinski definition) is 0. The number of hydrogen-bond acceptors (Lipinski definition) is 5. The van der Waals surface area contributed by atoms with E-state index in [0.717, 1.165) is 36.5 Å². The van der Waals surface area contributed by atoms with Gasteiger partial charge in [0, 0.05) is 31.5 Å². The number of rotatable bonds is 3. The van der Waals surface area contributed by atoms with Crippen LogP contribution in [0.4, 0.5) is 0 Å². The van der Waals surface area contributed by atoms with E-state index in [0.29, 0.717) is 18.3 Å². The first kappa shape index (κ1) is 15.8. The Morgan fingerprint density at radius 2 is 2.17 bits per heavy atom. The average Bonchev–Trinajstić information content (AvgIpc) is 3.11. The Kier molecular flexibility index (Phi) is 4.24. The molecule has 23 heavy (non-hydrogen) atoms. The van der Waals surface area contributed by atoms with Crippen LogP contribution in [0.3, 0.4) is 0 Å². The number of carbonyl (C=O) groups excluding carboxylic acids is 1. The van der Waals surface area contributed by atoms with Crippen molar-refractivity contribution < 1.29 is 13.7 Å². The molecule has 0 bridgehead atoms. The molecule has 1 aliphatic heterocycles. The summed E-state index contributed by atoms with van der Waals surface area (Å²) in [5.41, 5.74) is 0.977. The predicted molar refractivity (Wildman–Crippen MR) is 84.2 cm³/mol. The molecule has 1 aliphatic rings. The quantitative estimate of drug-likeness (QED) is 0.870. The molecule has 3 rings (SSSR count). The summed E-state index contributed by atoms with van der Waals surface area (Å²) < 4.78 is 10.6. The monoisotopic (exact) mass is 317 g/mol. The minimum atomic E-state index is -0.196. The number of amides is 1. The molecule has 2 aromatic rings. The molecule has 1 amide bonds. The number of furan rings is 1. The first-order chi connectivity index (χ1) is 11.0. The number of carbonyl (C=O) groups is 1. The molecular formula is C17H23N3O3. The fourth-order valence-electron chi connectivity index (χ4n) is 3.36. The van der Waals surface area contributed by atoms with Gasteiger partial charge in [-0.1, -0.05) is 5.16 Å². The molecule has 0 N–H and O–H groups in total. The number of nitrogens with zero attached hydrogens (tertiary/aromatic N) is 3. The Morgan fingerprint density at radius 1 is 1.39 bits per heavy atom. The predicted octanol–water partition coefficient (Wildman–Crippen LogP) is 3.10. The molecule has 0 aromatic carbocycles. The van der Waals surface area contributed by atoms with Crippen LogP contribution in [0.25, 0.3) is 0 Å². The second-order valence-electron chi connectivity index (χ2n) is 6.39. The van der Waals surface area contributed by atoms with Gasteiger partial charge in [0.05, 0.1) is 5.92 Å². The molecule has 6 nitrogen and oxygen atoms in total. The maximum absolute atomic E-state index is 12.9. The Hall–Kier alpha value is -2.11. The summed E-state index contributed by atoms with van der Waals surface area (Å²) in [6, 6.07) is 1.96. The van der Waals surface area contributed by atoms with Crippen LogP contribution in [0.2, 0.25) is 0 Å². The minimum absolute atomic E-state index is 0.138. The summed E-state index contributed by atoms with van der Waals surface area (Å²) in [6.45, 7) is 8.98. The van der Waals surface area contributed by atoms with E-state index in [2.05, 4.69) is 10.1 Å². The smallest absolute Gasteiger partial charge is 0.229 e. The van der Waals surface area contributed by atoms with Crippen molar-refractivity contribution in [2.45, 2.75) is 52.4 Å². The van der Waals surface area contributed by atoms with Crippen LogP contribution in [-0.4, -0.2) is 34.0 Å². The molecule has 0 radical (unpaired) electrons. The molecule has 2 aromatic heterocycles. The molecule has 124 valence electrons. The Labute approximate surface area is 135 Å². The third kappa shape index (κ3) is 3.16. The highest BCUT2D eigenvalue weighted by Gasteiger charge is 2.31. The molecule has 6 heteroatoms. The van der Waals surface area contributed by atoms with Gasteiger partial charge >= 0.3 is 0 Å². The maximum Gasteiger partial charge on any atom is 0.229 e. The minimum Gasteiger partial charge on any atom is -0.466 e. The van der Waals surface area contributed by atoms with Crippen LogP contribution in [0.15, 0.2) is 15.0 Å². The summed E-state index contributed by atoms with van der Waals surface area (Å²) in [7, 11) is 0. The molecule has 1 fully saturated rings. The van der Waals surface area contributed by atoms with E-state index >= 15 is 0 Å². The highest BCUT2D eigenvalue weighted by Crippen LogP contribution is 2.29. The van der Waals surface area contributed by atoms with Crippen LogP contribution in [0, 0.1) is 20.8 Å². The second kappa shape index (κ2) is 6.18. The Balaban J connectivity index is 1.73. The summed E-state index contributed by atoms with van der Waals surface area (Å²) in [6.07, 6.45) is 1.95. The first-order valence-corrected chi connectivity index (χ1v) is 8.11. The lowest BCUT2D eigenvalue weighted by Crippen LogP contribution is -2.41. The van der Waals surface area contributed by atoms with Gasteiger partial charge < -0.3 is 13.8 Å². The van der Waals surface area contributed by atoms with Crippen molar-refractivity contribution >= 4 is 5.91 Å². The Bertz CT molecular complexity index is 704. The number of aromatic nitrogens is 2. The molecule has 0 unspecified atom stereocenters. The van der Waals surface area contributed by atoms with Crippen molar-refractivity contribution in [3.05, 3.63) is 34.9 Å². The van der Waals surface area contributed by atoms with Crippen molar-refractivity contribution in [2.24, 2.45) is 0 Å². The highest BCUT2D eigenvalue weighted by molar-refractivity contribution is 5.83. The molecule has 0 saturated carbocycles.